The number of nitrogens with one attached hydrogen (secondary N) is 1. The maximum absolute atomic E-state index is 12.7. The van der Waals surface area contributed by atoms with Crippen molar-refractivity contribution in [3.05, 3.63) is 29.8 Å². The largest absolute Gasteiger partial charge is 0.493 e. The molecular formula is C15H22N2O4S. The zero-order chi connectivity index (χ0) is 15.7. The van der Waals surface area contributed by atoms with Crippen LogP contribution in [-0.4, -0.2) is 44.6 Å². The van der Waals surface area contributed by atoms with Crippen molar-refractivity contribution in [2.24, 2.45) is 0 Å². The van der Waals surface area contributed by atoms with E-state index in [1.807, 2.05) is 38.1 Å². The lowest BCUT2D eigenvalue weighted by Gasteiger charge is -2.36. The van der Waals surface area contributed by atoms with Gasteiger partial charge in [-0.25, -0.2) is 0 Å². The highest BCUT2D eigenvalue weighted by Crippen LogP contribution is 2.32. The average Bonchev–Trinajstić information content (AvgIpc) is 2.46. The quantitative estimate of drug-likeness (QED) is 0.913. The summed E-state index contributed by atoms with van der Waals surface area (Å²) < 4.78 is 40.8. The van der Waals surface area contributed by atoms with Crippen LogP contribution in [0, 0.1) is 0 Å². The summed E-state index contributed by atoms with van der Waals surface area (Å²) in [4.78, 5) is 0. The molecular weight excluding hydrogens is 304 g/mol. The highest BCUT2D eigenvalue weighted by Gasteiger charge is 2.34. The minimum Gasteiger partial charge on any atom is -0.493 e. The molecule has 2 aliphatic rings. The maximum atomic E-state index is 12.7. The first-order valence-corrected chi connectivity index (χ1v) is 9.04. The second kappa shape index (κ2) is 6.16. The molecule has 2 heterocycles. The van der Waals surface area contributed by atoms with Crippen molar-refractivity contribution in [3.8, 4) is 5.75 Å². The van der Waals surface area contributed by atoms with Crippen molar-refractivity contribution in [1.82, 2.24) is 9.03 Å². The Labute approximate surface area is 131 Å². The van der Waals surface area contributed by atoms with Gasteiger partial charge in [0.15, 0.2) is 0 Å². The van der Waals surface area contributed by atoms with Crippen LogP contribution >= 0.6 is 0 Å². The third-order valence-electron chi connectivity index (χ3n) is 3.98. The van der Waals surface area contributed by atoms with Gasteiger partial charge in [-0.1, -0.05) is 18.2 Å². The molecule has 0 bridgehead atoms. The van der Waals surface area contributed by atoms with E-state index in [0.29, 0.717) is 26.1 Å². The zero-order valence-corrected chi connectivity index (χ0v) is 13.7. The van der Waals surface area contributed by atoms with E-state index in [1.165, 1.54) is 4.31 Å². The number of hydrogen-bond donors (Lipinski definition) is 1. The fraction of sp³-hybridized carbons (Fsp3) is 0.600. The summed E-state index contributed by atoms with van der Waals surface area (Å²) in [5, 5.41) is 0. The van der Waals surface area contributed by atoms with Gasteiger partial charge < -0.3 is 9.47 Å². The lowest BCUT2D eigenvalue weighted by molar-refractivity contribution is -0.0445. The molecule has 3 atom stereocenters. The fourth-order valence-corrected chi connectivity index (χ4v) is 4.61. The molecule has 0 radical (unpaired) electrons. The molecule has 3 unspecified atom stereocenters. The number of benzene rings is 1. The van der Waals surface area contributed by atoms with Crippen LogP contribution in [0.3, 0.4) is 0 Å². The summed E-state index contributed by atoms with van der Waals surface area (Å²) in [5.74, 6) is 0.755. The van der Waals surface area contributed by atoms with E-state index >= 15 is 0 Å². The summed E-state index contributed by atoms with van der Waals surface area (Å²) in [6.45, 7) is 5.05. The van der Waals surface area contributed by atoms with Gasteiger partial charge in [0, 0.05) is 25.1 Å². The number of nitrogens with zero attached hydrogens (tertiary/aromatic N) is 1. The molecule has 1 aromatic carbocycles. The van der Waals surface area contributed by atoms with Crippen LogP contribution < -0.4 is 9.46 Å². The van der Waals surface area contributed by atoms with Crippen molar-refractivity contribution in [3.63, 3.8) is 0 Å². The Kier molecular flexibility index (Phi) is 4.40. The number of rotatable bonds is 3. The van der Waals surface area contributed by atoms with Gasteiger partial charge in [0.25, 0.3) is 10.2 Å². The Hall–Kier alpha value is -1.15. The lowest BCUT2D eigenvalue weighted by atomic mass is 10.0. The Bertz CT molecular complexity index is 624. The second-order valence-corrected chi connectivity index (χ2v) is 7.63. The molecule has 6 nitrogen and oxygen atoms in total. The van der Waals surface area contributed by atoms with Crippen molar-refractivity contribution < 1.29 is 17.9 Å². The maximum Gasteiger partial charge on any atom is 0.280 e. The van der Waals surface area contributed by atoms with Crippen molar-refractivity contribution >= 4 is 10.2 Å². The summed E-state index contributed by atoms with van der Waals surface area (Å²) in [5.41, 5.74) is 0.895. The smallest absolute Gasteiger partial charge is 0.280 e. The summed E-state index contributed by atoms with van der Waals surface area (Å²) in [7, 11) is -3.54. The first kappa shape index (κ1) is 15.7. The van der Waals surface area contributed by atoms with Crippen molar-refractivity contribution in [2.75, 3.05) is 19.7 Å². The third kappa shape index (κ3) is 3.27. The minimum atomic E-state index is -3.54. The fourth-order valence-electron chi connectivity index (χ4n) is 3.05. The van der Waals surface area contributed by atoms with Gasteiger partial charge >= 0.3 is 0 Å². The van der Waals surface area contributed by atoms with Crippen LogP contribution in [0.4, 0.5) is 0 Å². The van der Waals surface area contributed by atoms with Crippen LogP contribution in [0.15, 0.2) is 24.3 Å². The molecule has 1 aromatic rings. The van der Waals surface area contributed by atoms with E-state index in [0.717, 1.165) is 11.3 Å². The predicted molar refractivity (Wildman–Crippen MR) is 82.9 cm³/mol. The first-order valence-electron chi connectivity index (χ1n) is 7.60. The monoisotopic (exact) mass is 326 g/mol. The summed E-state index contributed by atoms with van der Waals surface area (Å²) >= 11 is 0. The minimum absolute atomic E-state index is 0.0951. The molecule has 0 saturated carbocycles. The first-order chi connectivity index (χ1) is 10.5. The normalized spacial score (nSPS) is 29.6. The molecule has 0 amide bonds. The van der Waals surface area contributed by atoms with Crippen LogP contribution in [0.25, 0.3) is 0 Å². The highest BCUT2D eigenvalue weighted by molar-refractivity contribution is 7.87. The molecule has 3 rings (SSSR count). The van der Waals surface area contributed by atoms with Gasteiger partial charge in [-0.2, -0.15) is 17.4 Å². The van der Waals surface area contributed by atoms with Gasteiger partial charge in [-0.05, 0) is 19.9 Å². The van der Waals surface area contributed by atoms with Gasteiger partial charge in [-0.3, -0.25) is 0 Å². The molecule has 7 heteroatoms. The van der Waals surface area contributed by atoms with Crippen LogP contribution in [0.1, 0.15) is 31.9 Å². The number of para-hydroxylation sites is 1. The second-order valence-electron chi connectivity index (χ2n) is 5.92. The third-order valence-corrected chi connectivity index (χ3v) is 5.54. The molecule has 1 fully saturated rings. The summed E-state index contributed by atoms with van der Waals surface area (Å²) in [6.07, 6.45) is 0.440. The van der Waals surface area contributed by atoms with Gasteiger partial charge in [0.05, 0.1) is 24.9 Å². The molecule has 2 aliphatic heterocycles. The molecule has 0 spiro atoms. The Morgan fingerprint density at radius 2 is 1.86 bits per heavy atom. The summed E-state index contributed by atoms with van der Waals surface area (Å²) in [6, 6.07) is 7.32. The number of hydrogen-bond acceptors (Lipinski definition) is 4. The zero-order valence-electron chi connectivity index (χ0n) is 12.9. The SMILES string of the molecule is CC1CN(S(=O)(=O)NC2CCOc3ccccc32)CC(C)O1. The Morgan fingerprint density at radius 3 is 2.59 bits per heavy atom. The lowest BCUT2D eigenvalue weighted by Crippen LogP contribution is -2.52. The van der Waals surface area contributed by atoms with Crippen LogP contribution in [0.2, 0.25) is 0 Å². The van der Waals surface area contributed by atoms with Gasteiger partial charge in [0.1, 0.15) is 5.75 Å². The predicted octanol–water partition coefficient (Wildman–Crippen LogP) is 1.45. The molecule has 0 aromatic heterocycles. The van der Waals surface area contributed by atoms with E-state index < -0.39 is 10.2 Å². The number of ether oxygens (including phenoxy) is 2. The molecule has 1 N–H and O–H groups in total. The highest BCUT2D eigenvalue weighted by atomic mass is 32.2. The van der Waals surface area contributed by atoms with E-state index in [2.05, 4.69) is 4.72 Å². The van der Waals surface area contributed by atoms with Crippen molar-refractivity contribution in [2.45, 2.75) is 38.5 Å². The number of morpholine rings is 1. The standard InChI is InChI=1S/C15H22N2O4S/c1-11-9-17(10-12(2)21-11)22(18,19)16-14-7-8-20-15-6-4-3-5-13(14)15/h3-6,11-12,14,16H,7-10H2,1-2H3. The van der Waals surface area contributed by atoms with E-state index in [-0.39, 0.29) is 18.2 Å². The molecule has 0 aliphatic carbocycles. The Balaban J connectivity index is 1.78. The molecule has 122 valence electrons. The van der Waals surface area contributed by atoms with Crippen LogP contribution in [0.5, 0.6) is 5.75 Å². The average molecular weight is 326 g/mol. The van der Waals surface area contributed by atoms with E-state index in [9.17, 15) is 8.42 Å². The van der Waals surface area contributed by atoms with Gasteiger partial charge in [-0.15, -0.1) is 0 Å². The molecule has 1 saturated heterocycles. The number of fused-ring (bicyclic) bond motifs is 1. The van der Waals surface area contributed by atoms with E-state index in [1.54, 1.807) is 0 Å². The topological polar surface area (TPSA) is 67.9 Å². The molecule has 22 heavy (non-hydrogen) atoms. The van der Waals surface area contributed by atoms with Crippen LogP contribution in [-0.2, 0) is 14.9 Å². The van der Waals surface area contributed by atoms with E-state index in [4.69, 9.17) is 9.47 Å². The van der Waals surface area contributed by atoms with Gasteiger partial charge in [0.2, 0.25) is 0 Å². The van der Waals surface area contributed by atoms with Crippen molar-refractivity contribution in [1.29, 1.82) is 0 Å². The Morgan fingerprint density at radius 1 is 1.18 bits per heavy atom.